The van der Waals surface area contributed by atoms with Gasteiger partial charge in [-0.2, -0.15) is 0 Å². The smallest absolute Gasteiger partial charge is 0.326 e. The third kappa shape index (κ3) is 3.33. The lowest BCUT2D eigenvalue weighted by atomic mass is 9.79. The van der Waals surface area contributed by atoms with Crippen molar-refractivity contribution in [2.24, 2.45) is 0 Å². The lowest BCUT2D eigenvalue weighted by Gasteiger charge is -2.35. The van der Waals surface area contributed by atoms with Crippen molar-refractivity contribution >= 4 is 16.9 Å². The Morgan fingerprint density at radius 2 is 2.07 bits per heavy atom. The molecule has 2 heterocycles. The lowest BCUT2D eigenvalue weighted by molar-refractivity contribution is -0.122. The SMILES string of the molecule is CCn1c(CO)nnc1C1CC(NC(=O)CCn2c(=O)[nH]c3ccccc32)C1. The van der Waals surface area contributed by atoms with Gasteiger partial charge in [0, 0.05) is 31.5 Å². The molecule has 1 saturated carbocycles. The molecule has 1 fully saturated rings. The summed E-state index contributed by atoms with van der Waals surface area (Å²) in [6, 6.07) is 7.56. The third-order valence-corrected chi connectivity index (χ3v) is 5.43. The Kier molecular flexibility index (Phi) is 4.99. The average Bonchev–Trinajstić information content (AvgIpc) is 3.22. The van der Waals surface area contributed by atoms with E-state index in [2.05, 4.69) is 20.5 Å². The summed E-state index contributed by atoms with van der Waals surface area (Å²) in [5.74, 6) is 1.64. The van der Waals surface area contributed by atoms with Gasteiger partial charge in [-0.25, -0.2) is 4.79 Å². The minimum atomic E-state index is -0.198. The first-order valence-electron chi connectivity index (χ1n) is 9.60. The van der Waals surface area contributed by atoms with Crippen molar-refractivity contribution in [3.63, 3.8) is 0 Å². The van der Waals surface area contributed by atoms with Gasteiger partial charge in [0.25, 0.3) is 0 Å². The van der Waals surface area contributed by atoms with Crippen LogP contribution in [0.3, 0.4) is 0 Å². The Balaban J connectivity index is 1.31. The topological polar surface area (TPSA) is 118 Å². The number of aliphatic hydroxyl groups is 1. The summed E-state index contributed by atoms with van der Waals surface area (Å²) in [5.41, 5.74) is 1.39. The maximum Gasteiger partial charge on any atom is 0.326 e. The molecule has 9 nitrogen and oxygen atoms in total. The van der Waals surface area contributed by atoms with Crippen molar-refractivity contribution < 1.29 is 9.90 Å². The molecule has 1 aliphatic rings. The fraction of sp³-hybridized carbons (Fsp3) is 0.474. The number of aliphatic hydroxyl groups excluding tert-OH is 1. The van der Waals surface area contributed by atoms with E-state index in [0.717, 1.165) is 29.7 Å². The summed E-state index contributed by atoms with van der Waals surface area (Å²) in [5, 5.41) is 20.6. The number of nitrogens with zero attached hydrogens (tertiary/aromatic N) is 4. The first-order valence-corrected chi connectivity index (χ1v) is 9.60. The third-order valence-electron chi connectivity index (χ3n) is 5.43. The van der Waals surface area contributed by atoms with Gasteiger partial charge in [-0.3, -0.25) is 9.36 Å². The van der Waals surface area contributed by atoms with E-state index in [1.54, 1.807) is 4.57 Å². The second-order valence-corrected chi connectivity index (χ2v) is 7.16. The predicted molar refractivity (Wildman–Crippen MR) is 103 cm³/mol. The summed E-state index contributed by atoms with van der Waals surface area (Å²) in [6.07, 6.45) is 1.87. The normalized spacial score (nSPS) is 18.9. The fourth-order valence-electron chi connectivity index (χ4n) is 3.90. The van der Waals surface area contributed by atoms with Crippen LogP contribution in [0.1, 0.15) is 43.8 Å². The average molecular weight is 384 g/mol. The molecule has 148 valence electrons. The van der Waals surface area contributed by atoms with Crippen molar-refractivity contribution in [3.05, 3.63) is 46.4 Å². The molecule has 0 spiro atoms. The zero-order chi connectivity index (χ0) is 19.7. The number of fused-ring (bicyclic) bond motifs is 1. The van der Waals surface area contributed by atoms with Crippen LogP contribution < -0.4 is 11.0 Å². The number of hydrogen-bond donors (Lipinski definition) is 3. The molecule has 0 radical (unpaired) electrons. The van der Waals surface area contributed by atoms with Gasteiger partial charge in [-0.15, -0.1) is 10.2 Å². The Morgan fingerprint density at radius 1 is 1.29 bits per heavy atom. The van der Waals surface area contributed by atoms with Gasteiger partial charge in [0.15, 0.2) is 5.82 Å². The summed E-state index contributed by atoms with van der Waals surface area (Å²) in [4.78, 5) is 27.2. The molecule has 0 bridgehead atoms. The summed E-state index contributed by atoms with van der Waals surface area (Å²) in [6.45, 7) is 2.93. The number of benzene rings is 1. The Bertz CT molecular complexity index is 1040. The van der Waals surface area contributed by atoms with Crippen molar-refractivity contribution in [2.45, 2.75) is 57.8 Å². The number of H-pyrrole nitrogens is 1. The largest absolute Gasteiger partial charge is 0.388 e. The first-order chi connectivity index (χ1) is 13.6. The highest BCUT2D eigenvalue weighted by Gasteiger charge is 2.35. The molecule has 28 heavy (non-hydrogen) atoms. The number of imidazole rings is 1. The maximum absolute atomic E-state index is 12.3. The number of amides is 1. The summed E-state index contributed by atoms with van der Waals surface area (Å²) in [7, 11) is 0. The van der Waals surface area contributed by atoms with E-state index in [-0.39, 0.29) is 36.6 Å². The lowest BCUT2D eigenvalue weighted by Crippen LogP contribution is -2.44. The number of para-hydroxylation sites is 2. The van der Waals surface area contributed by atoms with Crippen LogP contribution in [0.4, 0.5) is 0 Å². The Hall–Kier alpha value is -2.94. The van der Waals surface area contributed by atoms with E-state index in [9.17, 15) is 14.7 Å². The number of rotatable bonds is 7. The maximum atomic E-state index is 12.3. The van der Waals surface area contributed by atoms with Gasteiger partial charge < -0.3 is 20.0 Å². The number of nitrogens with one attached hydrogen (secondary N) is 2. The minimum absolute atomic E-state index is 0.0614. The molecule has 0 atom stereocenters. The van der Waals surface area contributed by atoms with Crippen LogP contribution in [-0.4, -0.2) is 41.4 Å². The highest BCUT2D eigenvalue weighted by Crippen LogP contribution is 2.36. The number of carbonyl (C=O) groups is 1. The van der Waals surface area contributed by atoms with Crippen LogP contribution in [0.5, 0.6) is 0 Å². The zero-order valence-electron chi connectivity index (χ0n) is 15.8. The number of aryl methyl sites for hydroxylation is 1. The van der Waals surface area contributed by atoms with E-state index in [4.69, 9.17) is 0 Å². The fourth-order valence-corrected chi connectivity index (χ4v) is 3.90. The van der Waals surface area contributed by atoms with Gasteiger partial charge in [0.2, 0.25) is 5.91 Å². The molecule has 0 unspecified atom stereocenters. The number of carbonyl (C=O) groups excluding carboxylic acids is 1. The molecule has 1 aromatic carbocycles. The van der Waals surface area contributed by atoms with Crippen LogP contribution in [0, 0.1) is 0 Å². The van der Waals surface area contributed by atoms with E-state index in [1.165, 1.54) is 0 Å². The molecule has 4 rings (SSSR count). The van der Waals surface area contributed by atoms with Gasteiger partial charge in [0.05, 0.1) is 11.0 Å². The monoisotopic (exact) mass is 384 g/mol. The van der Waals surface area contributed by atoms with Crippen LogP contribution >= 0.6 is 0 Å². The molecule has 2 aromatic heterocycles. The molecule has 3 aromatic rings. The van der Waals surface area contributed by atoms with Crippen molar-refractivity contribution in [1.29, 1.82) is 0 Å². The van der Waals surface area contributed by atoms with E-state index < -0.39 is 0 Å². The van der Waals surface area contributed by atoms with E-state index in [0.29, 0.717) is 18.9 Å². The minimum Gasteiger partial charge on any atom is -0.388 e. The standard InChI is InChI=1S/C19H24N6O3/c1-2-24-16(11-26)22-23-18(24)12-9-13(10-12)20-17(27)7-8-25-15-6-4-3-5-14(15)21-19(25)28/h3-6,12-13,26H,2,7-11H2,1H3,(H,20,27)(H,21,28). The Labute approximate surface area is 161 Å². The van der Waals surface area contributed by atoms with E-state index in [1.807, 2.05) is 35.8 Å². The van der Waals surface area contributed by atoms with E-state index >= 15 is 0 Å². The number of hydrogen-bond acceptors (Lipinski definition) is 5. The molecule has 1 amide bonds. The first kappa shape index (κ1) is 18.4. The van der Waals surface area contributed by atoms with Crippen molar-refractivity contribution in [2.75, 3.05) is 0 Å². The van der Waals surface area contributed by atoms with Gasteiger partial charge >= 0.3 is 5.69 Å². The van der Waals surface area contributed by atoms with Crippen LogP contribution in [0.2, 0.25) is 0 Å². The molecule has 0 aliphatic heterocycles. The predicted octanol–water partition coefficient (Wildman–Crippen LogP) is 0.886. The second kappa shape index (κ2) is 7.59. The quantitative estimate of drug-likeness (QED) is 0.559. The zero-order valence-corrected chi connectivity index (χ0v) is 15.8. The van der Waals surface area contributed by atoms with Gasteiger partial charge in [-0.05, 0) is 31.9 Å². The second-order valence-electron chi connectivity index (χ2n) is 7.16. The molecule has 9 heteroatoms. The van der Waals surface area contributed by atoms with Crippen molar-refractivity contribution in [3.8, 4) is 0 Å². The number of aromatic amines is 1. The Morgan fingerprint density at radius 3 is 2.82 bits per heavy atom. The molecule has 0 saturated heterocycles. The molecular weight excluding hydrogens is 360 g/mol. The summed E-state index contributed by atoms with van der Waals surface area (Å²) >= 11 is 0. The van der Waals surface area contributed by atoms with Crippen LogP contribution in [0.25, 0.3) is 11.0 Å². The van der Waals surface area contributed by atoms with Crippen LogP contribution in [-0.2, 0) is 24.5 Å². The van der Waals surface area contributed by atoms with Crippen molar-refractivity contribution in [1.82, 2.24) is 29.6 Å². The van der Waals surface area contributed by atoms with Gasteiger partial charge in [0.1, 0.15) is 12.4 Å². The highest BCUT2D eigenvalue weighted by molar-refractivity contribution is 5.77. The van der Waals surface area contributed by atoms with Crippen LogP contribution in [0.15, 0.2) is 29.1 Å². The molecule has 1 aliphatic carbocycles. The summed E-state index contributed by atoms with van der Waals surface area (Å²) < 4.78 is 3.53. The molecular formula is C19H24N6O3. The number of aromatic nitrogens is 5. The highest BCUT2D eigenvalue weighted by atomic mass is 16.3. The van der Waals surface area contributed by atoms with Gasteiger partial charge in [-0.1, -0.05) is 12.1 Å². The molecule has 3 N–H and O–H groups in total.